The van der Waals surface area contributed by atoms with E-state index < -0.39 is 8.07 Å². The molecule has 240 valence electrons. The lowest BCUT2D eigenvalue weighted by Gasteiger charge is -2.38. The zero-order valence-electron chi connectivity index (χ0n) is 27.9. The van der Waals surface area contributed by atoms with E-state index in [0.29, 0.717) is 0 Å². The van der Waals surface area contributed by atoms with Gasteiger partial charge >= 0.3 is 0 Å². The van der Waals surface area contributed by atoms with Crippen LogP contribution >= 0.6 is 11.8 Å². The van der Waals surface area contributed by atoms with Crippen molar-refractivity contribution < 1.29 is 0 Å². The van der Waals surface area contributed by atoms with E-state index in [1.165, 1.54) is 63.9 Å². The molecule has 0 bridgehead atoms. The van der Waals surface area contributed by atoms with Gasteiger partial charge in [-0.3, -0.25) is 0 Å². The van der Waals surface area contributed by atoms with Crippen LogP contribution in [0.5, 0.6) is 0 Å². The number of hydrogen-bond donors (Lipinski definition) is 0. The number of para-hydroxylation sites is 1. The maximum Gasteiger partial charge on any atom is 0.183 e. The van der Waals surface area contributed by atoms with Crippen molar-refractivity contribution in [1.82, 2.24) is 0 Å². The van der Waals surface area contributed by atoms with Gasteiger partial charge in [0.1, 0.15) is 0 Å². The Morgan fingerprint density at radius 3 is 1.47 bits per heavy atom. The Bertz CT molecular complexity index is 2520. The predicted octanol–water partition coefficient (Wildman–Crippen LogP) is 10.3. The topological polar surface area (TPSA) is 3.24 Å². The zero-order valence-corrected chi connectivity index (χ0v) is 29.7. The summed E-state index contributed by atoms with van der Waals surface area (Å²) in [6.45, 7) is 0. The molecule has 0 saturated carbocycles. The molecular weight excluding hydrogens is 651 g/mol. The van der Waals surface area contributed by atoms with Crippen molar-refractivity contribution >= 4 is 57.6 Å². The van der Waals surface area contributed by atoms with Gasteiger partial charge in [-0.15, -0.1) is 0 Å². The van der Waals surface area contributed by atoms with Gasteiger partial charge < -0.3 is 4.90 Å². The van der Waals surface area contributed by atoms with Crippen LogP contribution < -0.4 is 25.6 Å². The first-order chi connectivity index (χ1) is 25.3. The highest BCUT2D eigenvalue weighted by atomic mass is 32.2. The monoisotopic (exact) mass is 683 g/mol. The third-order valence-electron chi connectivity index (χ3n) is 10.5. The number of fused-ring (bicyclic) bond motifs is 9. The first-order valence-corrected chi connectivity index (χ1v) is 20.3. The average Bonchev–Trinajstić information content (AvgIpc) is 3.50. The molecular formula is C48H33NSSi. The Labute approximate surface area is 304 Å². The second-order valence-corrected chi connectivity index (χ2v) is 18.0. The molecule has 3 heteroatoms. The minimum absolute atomic E-state index is 1.13. The van der Waals surface area contributed by atoms with Crippen LogP contribution in [0, 0.1) is 0 Å². The number of benzene rings is 8. The predicted molar refractivity (Wildman–Crippen MR) is 219 cm³/mol. The summed E-state index contributed by atoms with van der Waals surface area (Å²) in [7, 11) is -2.56. The van der Waals surface area contributed by atoms with Gasteiger partial charge in [-0.25, -0.2) is 0 Å². The minimum Gasteiger partial charge on any atom is -0.310 e. The van der Waals surface area contributed by atoms with Crippen molar-refractivity contribution in [2.24, 2.45) is 0 Å². The summed E-state index contributed by atoms with van der Waals surface area (Å²) in [4.78, 5) is 5.13. The van der Waals surface area contributed by atoms with E-state index in [-0.39, 0.29) is 0 Å². The standard InChI is InChI=1S/C48H33NSSi/c1-4-16-34(17-5-1)39-30-28-37(32-42(39)35-18-6-2-7-19-35)49(36-20-8-3-9-21-36)38-29-31-48-44(33-38)50-43-24-12-15-27-47(43)51(48)45-25-13-10-22-40(45)41-23-11-14-26-46(41)51/h1-33H. The van der Waals surface area contributed by atoms with E-state index >= 15 is 0 Å². The molecule has 0 amide bonds. The second-order valence-electron chi connectivity index (χ2n) is 13.3. The van der Waals surface area contributed by atoms with Crippen molar-refractivity contribution in [2.45, 2.75) is 9.79 Å². The summed E-state index contributed by atoms with van der Waals surface area (Å²) >= 11 is 1.92. The summed E-state index contributed by atoms with van der Waals surface area (Å²) in [5, 5.41) is 5.97. The van der Waals surface area contributed by atoms with Gasteiger partial charge in [0, 0.05) is 26.9 Å². The number of nitrogens with zero attached hydrogens (tertiary/aromatic N) is 1. The Morgan fingerprint density at radius 2 is 0.804 bits per heavy atom. The van der Waals surface area contributed by atoms with Crippen LogP contribution in [-0.2, 0) is 0 Å². The number of rotatable bonds is 5. The van der Waals surface area contributed by atoms with Crippen LogP contribution in [0.2, 0.25) is 0 Å². The minimum atomic E-state index is -2.56. The molecule has 0 unspecified atom stereocenters. The van der Waals surface area contributed by atoms with Gasteiger partial charge in [0.2, 0.25) is 0 Å². The third kappa shape index (κ3) is 4.70. The van der Waals surface area contributed by atoms with Crippen LogP contribution in [0.3, 0.4) is 0 Å². The van der Waals surface area contributed by atoms with Crippen LogP contribution in [0.25, 0.3) is 33.4 Å². The SMILES string of the molecule is c1ccc(-c2ccc(N(c3ccccc3)c3ccc4c(c3)Sc3ccccc3[Si]43c4ccccc4-c4ccccc43)cc2-c2ccccc2)cc1. The zero-order chi connectivity index (χ0) is 33.8. The molecule has 0 N–H and O–H groups in total. The van der Waals surface area contributed by atoms with Crippen LogP contribution in [-0.4, -0.2) is 8.07 Å². The molecule has 2 heterocycles. The van der Waals surface area contributed by atoms with Gasteiger partial charge in [-0.1, -0.05) is 169 Å². The lowest BCUT2D eigenvalue weighted by atomic mass is 9.93. The number of anilines is 3. The fourth-order valence-electron chi connectivity index (χ4n) is 8.41. The molecule has 2 aliphatic heterocycles. The Morgan fingerprint density at radius 1 is 0.314 bits per heavy atom. The molecule has 0 atom stereocenters. The smallest absolute Gasteiger partial charge is 0.183 e. The third-order valence-corrected chi connectivity index (χ3v) is 17.0. The summed E-state index contributed by atoms with van der Waals surface area (Å²) in [6, 6.07) is 74.0. The highest BCUT2D eigenvalue weighted by Gasteiger charge is 2.52. The molecule has 0 saturated heterocycles. The highest BCUT2D eigenvalue weighted by Crippen LogP contribution is 2.44. The molecule has 0 aliphatic carbocycles. The molecule has 8 aromatic rings. The van der Waals surface area contributed by atoms with E-state index in [9.17, 15) is 0 Å². The normalized spacial score (nSPS) is 13.2. The largest absolute Gasteiger partial charge is 0.310 e. The molecule has 8 aromatic carbocycles. The van der Waals surface area contributed by atoms with Crippen molar-refractivity contribution in [3.8, 4) is 33.4 Å². The Kier molecular flexibility index (Phi) is 7.16. The first-order valence-electron chi connectivity index (χ1n) is 17.5. The van der Waals surface area contributed by atoms with Gasteiger partial charge in [0.05, 0.1) is 0 Å². The molecule has 1 nitrogen and oxygen atoms in total. The lowest BCUT2D eigenvalue weighted by Crippen LogP contribution is -2.74. The van der Waals surface area contributed by atoms with Gasteiger partial charge in [0.25, 0.3) is 0 Å². The molecule has 10 rings (SSSR count). The quantitative estimate of drug-likeness (QED) is 0.166. The molecule has 0 fully saturated rings. The second kappa shape index (κ2) is 12.2. The van der Waals surface area contributed by atoms with E-state index in [4.69, 9.17) is 0 Å². The maximum atomic E-state index is 2.46. The van der Waals surface area contributed by atoms with Gasteiger partial charge in [0.15, 0.2) is 8.07 Å². The molecule has 1 spiro atoms. The van der Waals surface area contributed by atoms with Crippen molar-refractivity contribution in [2.75, 3.05) is 4.90 Å². The number of hydrogen-bond acceptors (Lipinski definition) is 2. The molecule has 0 aromatic heterocycles. The van der Waals surface area contributed by atoms with Crippen molar-refractivity contribution in [1.29, 1.82) is 0 Å². The highest BCUT2D eigenvalue weighted by molar-refractivity contribution is 8.00. The first kappa shape index (κ1) is 30.0. The summed E-state index contributed by atoms with van der Waals surface area (Å²) in [6.07, 6.45) is 0. The van der Waals surface area contributed by atoms with Gasteiger partial charge in [-0.05, 0) is 96.6 Å². The fourth-order valence-corrected chi connectivity index (χ4v) is 15.8. The fraction of sp³-hybridized carbons (Fsp3) is 0. The maximum absolute atomic E-state index is 2.56. The summed E-state index contributed by atoms with van der Waals surface area (Å²) in [5.41, 5.74) is 11.0. The van der Waals surface area contributed by atoms with Crippen LogP contribution in [0.4, 0.5) is 17.1 Å². The molecule has 2 aliphatic rings. The van der Waals surface area contributed by atoms with Crippen LogP contribution in [0.1, 0.15) is 0 Å². The van der Waals surface area contributed by atoms with E-state index in [0.717, 1.165) is 17.1 Å². The Balaban J connectivity index is 1.20. The van der Waals surface area contributed by atoms with E-state index in [2.05, 4.69) is 205 Å². The summed E-state index contributed by atoms with van der Waals surface area (Å²) < 4.78 is 0. The van der Waals surface area contributed by atoms with Crippen molar-refractivity contribution in [3.63, 3.8) is 0 Å². The average molecular weight is 684 g/mol. The lowest BCUT2D eigenvalue weighted by molar-refractivity contribution is 1.26. The van der Waals surface area contributed by atoms with E-state index in [1.807, 2.05) is 11.8 Å². The molecule has 0 radical (unpaired) electrons. The molecule has 51 heavy (non-hydrogen) atoms. The van der Waals surface area contributed by atoms with Gasteiger partial charge in [-0.2, -0.15) is 0 Å². The summed E-state index contributed by atoms with van der Waals surface area (Å²) in [5.74, 6) is 0. The Hall–Kier alpha value is -5.87. The van der Waals surface area contributed by atoms with E-state index in [1.54, 1.807) is 0 Å². The van der Waals surface area contributed by atoms with Crippen molar-refractivity contribution in [3.05, 3.63) is 200 Å². The van der Waals surface area contributed by atoms with Crippen LogP contribution in [0.15, 0.2) is 210 Å².